The Hall–Kier alpha value is -1.12. The molecule has 0 bridgehead atoms. The number of hydrogen-bond acceptors (Lipinski definition) is 2. The molecule has 1 atom stereocenters. The lowest BCUT2D eigenvalue weighted by Gasteiger charge is -2.22. The Morgan fingerprint density at radius 3 is 2.36 bits per heavy atom. The molecule has 1 aromatic heterocycles. The molecule has 1 aromatic carbocycles. The van der Waals surface area contributed by atoms with E-state index in [1.54, 1.807) is 11.3 Å². The highest BCUT2D eigenvalue weighted by molar-refractivity contribution is 7.10. The van der Waals surface area contributed by atoms with Crippen molar-refractivity contribution in [1.82, 2.24) is 0 Å². The Morgan fingerprint density at radius 1 is 1.07 bits per heavy atom. The lowest BCUT2D eigenvalue weighted by atomic mass is 9.95. The first kappa shape index (κ1) is 9.44. The average molecular weight is 204 g/mol. The number of hydrogen-bond donors (Lipinski definition) is 1. The summed E-state index contributed by atoms with van der Waals surface area (Å²) in [5, 5.41) is 12.3. The summed E-state index contributed by atoms with van der Waals surface area (Å²) in [6, 6.07) is 13.6. The summed E-state index contributed by atoms with van der Waals surface area (Å²) in [6.07, 6.45) is 0. The van der Waals surface area contributed by atoms with Gasteiger partial charge < -0.3 is 5.11 Å². The number of benzene rings is 1. The molecule has 0 saturated heterocycles. The van der Waals surface area contributed by atoms with Crippen LogP contribution < -0.4 is 0 Å². The zero-order valence-corrected chi connectivity index (χ0v) is 8.79. The van der Waals surface area contributed by atoms with Crippen molar-refractivity contribution >= 4 is 11.3 Å². The van der Waals surface area contributed by atoms with E-state index >= 15 is 0 Å². The van der Waals surface area contributed by atoms with Crippen molar-refractivity contribution in [2.75, 3.05) is 0 Å². The minimum atomic E-state index is -0.866. The van der Waals surface area contributed by atoms with E-state index in [1.165, 1.54) is 0 Å². The molecule has 0 aliphatic rings. The molecule has 0 fully saturated rings. The van der Waals surface area contributed by atoms with Crippen molar-refractivity contribution in [2.45, 2.75) is 12.5 Å². The van der Waals surface area contributed by atoms with E-state index in [4.69, 9.17) is 0 Å². The standard InChI is InChI=1S/C12H12OS/c1-12(13,11-8-5-9-14-11)10-6-3-2-4-7-10/h2-9,13H,1H3/t12-/m0/s1. The minimum absolute atomic E-state index is 0.866. The Bertz CT molecular complexity index is 390. The average Bonchev–Trinajstić information content (AvgIpc) is 2.72. The van der Waals surface area contributed by atoms with E-state index < -0.39 is 5.60 Å². The molecule has 1 nitrogen and oxygen atoms in total. The van der Waals surface area contributed by atoms with Gasteiger partial charge in [0.2, 0.25) is 0 Å². The number of aliphatic hydroxyl groups is 1. The Labute approximate surface area is 87.7 Å². The topological polar surface area (TPSA) is 20.2 Å². The molecule has 0 unspecified atom stereocenters. The molecule has 2 heteroatoms. The molecule has 0 spiro atoms. The van der Waals surface area contributed by atoms with Gasteiger partial charge in [-0.3, -0.25) is 0 Å². The van der Waals surface area contributed by atoms with Gasteiger partial charge in [-0.25, -0.2) is 0 Å². The van der Waals surface area contributed by atoms with Gasteiger partial charge in [-0.05, 0) is 23.9 Å². The van der Waals surface area contributed by atoms with Crippen molar-refractivity contribution in [2.24, 2.45) is 0 Å². The largest absolute Gasteiger partial charge is 0.380 e. The molecule has 72 valence electrons. The van der Waals surface area contributed by atoms with Crippen LogP contribution >= 0.6 is 11.3 Å². The molecule has 1 heterocycles. The van der Waals surface area contributed by atoms with E-state index in [1.807, 2.05) is 54.8 Å². The molecule has 0 aliphatic carbocycles. The fraction of sp³-hybridized carbons (Fsp3) is 0.167. The quantitative estimate of drug-likeness (QED) is 0.797. The zero-order valence-electron chi connectivity index (χ0n) is 7.97. The van der Waals surface area contributed by atoms with E-state index in [2.05, 4.69) is 0 Å². The highest BCUT2D eigenvalue weighted by Gasteiger charge is 2.25. The first-order valence-corrected chi connectivity index (χ1v) is 5.41. The van der Waals surface area contributed by atoms with Crippen LogP contribution in [0.5, 0.6) is 0 Å². The Balaban J connectivity index is 2.43. The van der Waals surface area contributed by atoms with Crippen LogP contribution in [-0.4, -0.2) is 5.11 Å². The van der Waals surface area contributed by atoms with E-state index in [0.29, 0.717) is 0 Å². The predicted octanol–water partition coefficient (Wildman–Crippen LogP) is 3.00. The van der Waals surface area contributed by atoms with Gasteiger partial charge in [-0.1, -0.05) is 36.4 Å². The first-order valence-electron chi connectivity index (χ1n) is 4.53. The van der Waals surface area contributed by atoms with E-state index in [-0.39, 0.29) is 0 Å². The van der Waals surface area contributed by atoms with E-state index in [0.717, 1.165) is 10.4 Å². The van der Waals surface area contributed by atoms with Crippen LogP contribution in [0.25, 0.3) is 0 Å². The molecule has 2 rings (SSSR count). The summed E-state index contributed by atoms with van der Waals surface area (Å²) in [7, 11) is 0. The molecule has 1 N–H and O–H groups in total. The van der Waals surface area contributed by atoms with Gasteiger partial charge in [-0.2, -0.15) is 0 Å². The van der Waals surface area contributed by atoms with Crippen LogP contribution in [0.15, 0.2) is 47.8 Å². The molecule has 0 aliphatic heterocycles. The Morgan fingerprint density at radius 2 is 1.79 bits per heavy atom. The second kappa shape index (κ2) is 3.56. The molecule has 0 radical (unpaired) electrons. The second-order valence-electron chi connectivity index (χ2n) is 3.42. The third-order valence-corrected chi connectivity index (χ3v) is 3.42. The SMILES string of the molecule is C[C@](O)(c1ccccc1)c1cccs1. The maximum absolute atomic E-state index is 10.4. The summed E-state index contributed by atoms with van der Waals surface area (Å²) >= 11 is 1.57. The van der Waals surface area contributed by atoms with Gasteiger partial charge in [0.15, 0.2) is 0 Å². The van der Waals surface area contributed by atoms with Crippen molar-refractivity contribution < 1.29 is 5.11 Å². The molecule has 2 aromatic rings. The van der Waals surface area contributed by atoms with Gasteiger partial charge in [0.05, 0.1) is 0 Å². The molecular weight excluding hydrogens is 192 g/mol. The molecule has 14 heavy (non-hydrogen) atoms. The van der Waals surface area contributed by atoms with Crippen LogP contribution in [0.3, 0.4) is 0 Å². The van der Waals surface area contributed by atoms with Crippen molar-refractivity contribution in [3.8, 4) is 0 Å². The summed E-state index contributed by atoms with van der Waals surface area (Å²) < 4.78 is 0. The third kappa shape index (κ3) is 1.59. The second-order valence-corrected chi connectivity index (χ2v) is 4.36. The smallest absolute Gasteiger partial charge is 0.121 e. The number of rotatable bonds is 2. The lowest BCUT2D eigenvalue weighted by Crippen LogP contribution is -2.20. The molecule has 0 amide bonds. The third-order valence-electron chi connectivity index (χ3n) is 2.34. The van der Waals surface area contributed by atoms with E-state index in [9.17, 15) is 5.11 Å². The fourth-order valence-electron chi connectivity index (χ4n) is 1.46. The Kier molecular flexibility index (Phi) is 2.40. The molecule has 0 saturated carbocycles. The highest BCUT2D eigenvalue weighted by atomic mass is 32.1. The van der Waals surface area contributed by atoms with Crippen molar-refractivity contribution in [3.63, 3.8) is 0 Å². The monoisotopic (exact) mass is 204 g/mol. The predicted molar refractivity (Wildman–Crippen MR) is 59.4 cm³/mol. The normalized spacial score (nSPS) is 15.0. The van der Waals surface area contributed by atoms with Gasteiger partial charge >= 0.3 is 0 Å². The lowest BCUT2D eigenvalue weighted by molar-refractivity contribution is 0.106. The van der Waals surface area contributed by atoms with Gasteiger partial charge in [0, 0.05) is 4.88 Å². The number of thiophene rings is 1. The van der Waals surface area contributed by atoms with Crippen LogP contribution in [0.1, 0.15) is 17.4 Å². The maximum atomic E-state index is 10.4. The summed E-state index contributed by atoms with van der Waals surface area (Å²) in [5.74, 6) is 0. The maximum Gasteiger partial charge on any atom is 0.121 e. The summed E-state index contributed by atoms with van der Waals surface area (Å²) in [6.45, 7) is 1.83. The van der Waals surface area contributed by atoms with Crippen molar-refractivity contribution in [3.05, 3.63) is 58.3 Å². The van der Waals surface area contributed by atoms with Gasteiger partial charge in [-0.15, -0.1) is 11.3 Å². The van der Waals surface area contributed by atoms with Crippen molar-refractivity contribution in [1.29, 1.82) is 0 Å². The summed E-state index contributed by atoms with van der Waals surface area (Å²) in [5.41, 5.74) is 0.0672. The minimum Gasteiger partial charge on any atom is -0.380 e. The van der Waals surface area contributed by atoms with Gasteiger partial charge in [0.1, 0.15) is 5.60 Å². The van der Waals surface area contributed by atoms with Crippen LogP contribution in [0, 0.1) is 0 Å². The fourth-order valence-corrected chi connectivity index (χ4v) is 2.27. The highest BCUT2D eigenvalue weighted by Crippen LogP contribution is 2.31. The first-order chi connectivity index (χ1) is 6.71. The zero-order chi connectivity index (χ0) is 10.0. The van der Waals surface area contributed by atoms with Gasteiger partial charge in [0.25, 0.3) is 0 Å². The molecular formula is C12H12OS. The summed E-state index contributed by atoms with van der Waals surface area (Å²) in [4.78, 5) is 0.976. The van der Waals surface area contributed by atoms with Crippen LogP contribution in [-0.2, 0) is 5.60 Å². The van der Waals surface area contributed by atoms with Crippen LogP contribution in [0.2, 0.25) is 0 Å². The van der Waals surface area contributed by atoms with Crippen LogP contribution in [0.4, 0.5) is 0 Å².